The number of likely N-dealkylation sites (tertiary alicyclic amines) is 1. The molecule has 2 aliphatic rings. The van der Waals surface area contributed by atoms with Crippen LogP contribution in [0.2, 0.25) is 0 Å². The summed E-state index contributed by atoms with van der Waals surface area (Å²) in [5.74, 6) is 0.780. The number of benzene rings is 1. The van der Waals surface area contributed by atoms with Crippen LogP contribution >= 0.6 is 0 Å². The maximum absolute atomic E-state index is 12.4. The quantitative estimate of drug-likeness (QED) is 0.669. The van der Waals surface area contributed by atoms with Gasteiger partial charge in [0.15, 0.2) is 0 Å². The average Bonchev–Trinajstić information content (AvgIpc) is 3.22. The number of rotatable bonds is 5. The maximum Gasteiger partial charge on any atom is 0.407 e. The van der Waals surface area contributed by atoms with Crippen LogP contribution < -0.4 is 10.2 Å². The van der Waals surface area contributed by atoms with Gasteiger partial charge in [-0.1, -0.05) is 6.42 Å². The second-order valence-electron chi connectivity index (χ2n) is 9.55. The lowest BCUT2D eigenvalue weighted by atomic mass is 9.90. The molecule has 2 aromatic rings. The molecule has 2 amide bonds. The van der Waals surface area contributed by atoms with Crippen LogP contribution in [0.4, 0.5) is 10.5 Å². The Balaban J connectivity index is 1.61. The van der Waals surface area contributed by atoms with Gasteiger partial charge in [0.1, 0.15) is 5.76 Å². The van der Waals surface area contributed by atoms with Gasteiger partial charge < -0.3 is 19.4 Å². The monoisotopic (exact) mass is 453 g/mol. The fourth-order valence-electron chi connectivity index (χ4n) is 5.01. The summed E-state index contributed by atoms with van der Waals surface area (Å²) >= 11 is 0. The van der Waals surface area contributed by atoms with E-state index < -0.39 is 6.09 Å². The van der Waals surface area contributed by atoms with Crippen molar-refractivity contribution < 1.29 is 18.7 Å². The standard InChI is InChI=1S/C26H35N3O4/c1-17(2)33-26(31)27-23-12-18(3)29(19(4)30)24-9-8-21(14-22(23)24)25-13-20(16-32-25)15-28-10-6-5-7-11-28/h8-9,13-14,16-18,23H,5-7,10-12,15H2,1-4H3,(H,27,31)/t18-,23+/m1/s1. The Kier molecular flexibility index (Phi) is 7.08. The van der Waals surface area contributed by atoms with Gasteiger partial charge in [-0.25, -0.2) is 4.79 Å². The third-order valence-corrected chi connectivity index (χ3v) is 6.45. The lowest BCUT2D eigenvalue weighted by Gasteiger charge is -2.39. The van der Waals surface area contributed by atoms with Gasteiger partial charge in [-0.15, -0.1) is 0 Å². The fraction of sp³-hybridized carbons (Fsp3) is 0.538. The predicted octanol–water partition coefficient (Wildman–Crippen LogP) is 5.25. The van der Waals surface area contributed by atoms with Crippen molar-refractivity contribution in [3.05, 3.63) is 41.7 Å². The molecule has 0 radical (unpaired) electrons. The van der Waals surface area contributed by atoms with Crippen molar-refractivity contribution in [1.29, 1.82) is 0 Å². The summed E-state index contributed by atoms with van der Waals surface area (Å²) in [5, 5.41) is 3.00. The first-order chi connectivity index (χ1) is 15.8. The Morgan fingerprint density at radius 2 is 1.94 bits per heavy atom. The Labute approximate surface area is 196 Å². The van der Waals surface area contributed by atoms with E-state index >= 15 is 0 Å². The Morgan fingerprint density at radius 3 is 2.64 bits per heavy atom. The van der Waals surface area contributed by atoms with E-state index in [2.05, 4.69) is 16.3 Å². The first kappa shape index (κ1) is 23.4. The Morgan fingerprint density at radius 1 is 1.18 bits per heavy atom. The number of amides is 2. The van der Waals surface area contributed by atoms with Crippen molar-refractivity contribution in [3.63, 3.8) is 0 Å². The third kappa shape index (κ3) is 5.41. The van der Waals surface area contributed by atoms with Crippen molar-refractivity contribution in [1.82, 2.24) is 10.2 Å². The number of nitrogens with one attached hydrogen (secondary N) is 1. The Bertz CT molecular complexity index is 993. The number of ether oxygens (including phenoxy) is 1. The van der Waals surface area contributed by atoms with Crippen molar-refractivity contribution in [3.8, 4) is 11.3 Å². The molecule has 2 aliphatic heterocycles. The molecule has 178 valence electrons. The third-order valence-electron chi connectivity index (χ3n) is 6.45. The summed E-state index contributed by atoms with van der Waals surface area (Å²) in [6, 6.07) is 7.78. The van der Waals surface area contributed by atoms with Gasteiger partial charge in [-0.2, -0.15) is 0 Å². The molecule has 0 bridgehead atoms. The van der Waals surface area contributed by atoms with E-state index in [0.717, 1.165) is 42.2 Å². The van der Waals surface area contributed by atoms with E-state index in [1.54, 1.807) is 11.8 Å². The topological polar surface area (TPSA) is 75.0 Å². The molecule has 1 aromatic heterocycles. The number of carbonyl (C=O) groups excluding carboxylic acids is 2. The van der Waals surface area contributed by atoms with Crippen LogP contribution in [0.1, 0.15) is 70.5 Å². The smallest absolute Gasteiger partial charge is 0.407 e. The summed E-state index contributed by atoms with van der Waals surface area (Å²) in [5.41, 5.74) is 3.81. The van der Waals surface area contributed by atoms with Crippen molar-refractivity contribution in [2.24, 2.45) is 0 Å². The number of carbonyl (C=O) groups is 2. The number of furan rings is 1. The molecule has 2 atom stereocenters. The van der Waals surface area contributed by atoms with E-state index in [-0.39, 0.29) is 24.1 Å². The predicted molar refractivity (Wildman–Crippen MR) is 128 cm³/mol. The molecule has 7 nitrogen and oxygen atoms in total. The highest BCUT2D eigenvalue weighted by molar-refractivity contribution is 5.94. The minimum absolute atomic E-state index is 0.0125. The first-order valence-corrected chi connectivity index (χ1v) is 12.0. The summed E-state index contributed by atoms with van der Waals surface area (Å²) in [6.07, 6.45) is 5.63. The maximum atomic E-state index is 12.4. The van der Waals surface area contributed by atoms with E-state index in [1.165, 1.54) is 24.8 Å². The van der Waals surface area contributed by atoms with Crippen LogP contribution in [-0.2, 0) is 16.1 Å². The van der Waals surface area contributed by atoms with Crippen LogP contribution in [-0.4, -0.2) is 42.1 Å². The minimum atomic E-state index is -0.448. The zero-order chi connectivity index (χ0) is 23.5. The van der Waals surface area contributed by atoms with Crippen LogP contribution in [0.15, 0.2) is 34.9 Å². The second-order valence-corrected chi connectivity index (χ2v) is 9.55. The number of fused-ring (bicyclic) bond motifs is 1. The van der Waals surface area contributed by atoms with Crippen molar-refractivity contribution >= 4 is 17.7 Å². The van der Waals surface area contributed by atoms with E-state index in [9.17, 15) is 9.59 Å². The van der Waals surface area contributed by atoms with Crippen molar-refractivity contribution in [2.75, 3.05) is 18.0 Å². The molecule has 7 heteroatoms. The SMILES string of the molecule is CC(=O)N1c2ccc(-c3cc(CN4CCCCC4)co3)cc2[C@@H](NC(=O)OC(C)C)C[C@H]1C. The van der Waals surface area contributed by atoms with Crippen LogP contribution in [0, 0.1) is 0 Å². The number of alkyl carbamates (subject to hydrolysis) is 1. The minimum Gasteiger partial charge on any atom is -0.464 e. The lowest BCUT2D eigenvalue weighted by molar-refractivity contribution is -0.117. The molecule has 1 fully saturated rings. The molecule has 1 N–H and O–H groups in total. The van der Waals surface area contributed by atoms with Gasteiger partial charge >= 0.3 is 6.09 Å². The van der Waals surface area contributed by atoms with Gasteiger partial charge in [0.25, 0.3) is 0 Å². The van der Waals surface area contributed by atoms with E-state index in [1.807, 2.05) is 45.2 Å². The summed E-state index contributed by atoms with van der Waals surface area (Å²) < 4.78 is 11.2. The largest absolute Gasteiger partial charge is 0.464 e. The molecular weight excluding hydrogens is 418 g/mol. The van der Waals surface area contributed by atoms with Gasteiger partial charge in [-0.3, -0.25) is 9.69 Å². The van der Waals surface area contributed by atoms with Gasteiger partial charge in [0.05, 0.1) is 18.4 Å². The van der Waals surface area contributed by atoms with Gasteiger partial charge in [0, 0.05) is 36.3 Å². The molecular formula is C26H35N3O4. The van der Waals surface area contributed by atoms with Crippen LogP contribution in [0.25, 0.3) is 11.3 Å². The highest BCUT2D eigenvalue weighted by Gasteiger charge is 2.34. The van der Waals surface area contributed by atoms with Gasteiger partial charge in [0.2, 0.25) is 5.91 Å². The summed E-state index contributed by atoms with van der Waals surface area (Å²) in [4.78, 5) is 29.0. The lowest BCUT2D eigenvalue weighted by Crippen LogP contribution is -2.45. The normalized spacial score (nSPS) is 21.1. The van der Waals surface area contributed by atoms with Crippen LogP contribution in [0.3, 0.4) is 0 Å². The average molecular weight is 454 g/mol. The number of piperidine rings is 1. The van der Waals surface area contributed by atoms with Crippen molar-refractivity contribution in [2.45, 2.75) is 78.1 Å². The Hall–Kier alpha value is -2.80. The summed E-state index contributed by atoms with van der Waals surface area (Å²) in [7, 11) is 0. The molecule has 3 heterocycles. The van der Waals surface area contributed by atoms with E-state index in [4.69, 9.17) is 9.15 Å². The molecule has 1 saturated heterocycles. The van der Waals surface area contributed by atoms with E-state index in [0.29, 0.717) is 6.42 Å². The number of nitrogens with zero attached hydrogens (tertiary/aromatic N) is 2. The summed E-state index contributed by atoms with van der Waals surface area (Å²) in [6.45, 7) is 10.4. The molecule has 1 aromatic carbocycles. The molecule has 4 rings (SSSR count). The number of hydrogen-bond acceptors (Lipinski definition) is 5. The zero-order valence-corrected chi connectivity index (χ0v) is 20.1. The zero-order valence-electron chi connectivity index (χ0n) is 20.1. The highest BCUT2D eigenvalue weighted by Crippen LogP contribution is 2.40. The highest BCUT2D eigenvalue weighted by atomic mass is 16.6. The van der Waals surface area contributed by atoms with Crippen LogP contribution in [0.5, 0.6) is 0 Å². The molecule has 0 saturated carbocycles. The fourth-order valence-corrected chi connectivity index (χ4v) is 5.01. The number of anilines is 1. The molecule has 0 spiro atoms. The number of hydrogen-bond donors (Lipinski definition) is 1. The molecule has 33 heavy (non-hydrogen) atoms. The molecule has 0 unspecified atom stereocenters. The second kappa shape index (κ2) is 10.00. The first-order valence-electron chi connectivity index (χ1n) is 12.0. The molecule has 0 aliphatic carbocycles. The van der Waals surface area contributed by atoms with Gasteiger partial charge in [-0.05, 0) is 83.0 Å².